The fraction of sp³-hybridized carbons (Fsp3) is 0.667. The van der Waals surface area contributed by atoms with E-state index in [1.807, 2.05) is 0 Å². The Kier molecular flexibility index (Phi) is 6.12. The molecule has 0 aliphatic carbocycles. The van der Waals surface area contributed by atoms with Gasteiger partial charge in [0.2, 0.25) is 0 Å². The van der Waals surface area contributed by atoms with Crippen molar-refractivity contribution in [1.29, 1.82) is 0 Å². The normalized spacial score (nSPS) is 26.1. The van der Waals surface area contributed by atoms with Crippen molar-refractivity contribution < 1.29 is 0 Å². The lowest BCUT2D eigenvalue weighted by Gasteiger charge is -2.43. The molecule has 1 aromatic rings. The summed E-state index contributed by atoms with van der Waals surface area (Å²) in [5, 5.41) is 3.47. The van der Waals surface area contributed by atoms with Crippen LogP contribution in [0.3, 0.4) is 0 Å². The molecule has 118 valence electrons. The van der Waals surface area contributed by atoms with Crippen LogP contribution in [0, 0.1) is 11.8 Å². The summed E-state index contributed by atoms with van der Waals surface area (Å²) < 4.78 is 1.23. The van der Waals surface area contributed by atoms with Gasteiger partial charge in [-0.3, -0.25) is 0 Å². The van der Waals surface area contributed by atoms with Crippen LogP contribution in [0.5, 0.6) is 0 Å². The molecule has 0 spiro atoms. The zero-order valence-corrected chi connectivity index (χ0v) is 15.4. The highest BCUT2D eigenvalue weighted by atomic mass is 79.9. The standard InChI is InChI=1S/C18H29BrN2/c1-5-8-20-11-16-6-7-18(17(19)10-16)21-12-13(2)9-14(3)15(21)4/h6-7,10,13-15,20H,5,8-9,11-12H2,1-4H3. The van der Waals surface area contributed by atoms with E-state index in [1.165, 1.54) is 28.6 Å². The van der Waals surface area contributed by atoms with Gasteiger partial charge in [-0.05, 0) is 71.8 Å². The van der Waals surface area contributed by atoms with Gasteiger partial charge in [0.25, 0.3) is 0 Å². The topological polar surface area (TPSA) is 15.3 Å². The molecule has 2 rings (SSSR count). The summed E-state index contributed by atoms with van der Waals surface area (Å²) in [7, 11) is 0. The summed E-state index contributed by atoms with van der Waals surface area (Å²) in [4.78, 5) is 2.58. The van der Waals surface area contributed by atoms with Crippen molar-refractivity contribution in [1.82, 2.24) is 5.32 Å². The molecule has 1 heterocycles. The molecule has 3 atom stereocenters. The maximum atomic E-state index is 3.79. The van der Waals surface area contributed by atoms with E-state index in [1.54, 1.807) is 0 Å². The summed E-state index contributed by atoms with van der Waals surface area (Å²) in [6.07, 6.45) is 2.52. The van der Waals surface area contributed by atoms with Crippen LogP contribution < -0.4 is 10.2 Å². The lowest BCUT2D eigenvalue weighted by Crippen LogP contribution is -2.46. The van der Waals surface area contributed by atoms with Gasteiger partial charge < -0.3 is 10.2 Å². The van der Waals surface area contributed by atoms with E-state index in [-0.39, 0.29) is 0 Å². The maximum absolute atomic E-state index is 3.79. The van der Waals surface area contributed by atoms with Crippen molar-refractivity contribution in [2.45, 2.75) is 53.1 Å². The minimum atomic E-state index is 0.613. The molecule has 3 heteroatoms. The van der Waals surface area contributed by atoms with Crippen molar-refractivity contribution in [2.24, 2.45) is 11.8 Å². The van der Waals surface area contributed by atoms with Crippen LogP contribution in [0.25, 0.3) is 0 Å². The summed E-state index contributed by atoms with van der Waals surface area (Å²) in [5.74, 6) is 1.53. The Balaban J connectivity index is 2.12. The molecule has 0 aromatic heterocycles. The Morgan fingerprint density at radius 1 is 1.29 bits per heavy atom. The van der Waals surface area contributed by atoms with Crippen LogP contribution in [-0.4, -0.2) is 19.1 Å². The third-order valence-corrected chi connectivity index (χ3v) is 5.31. The highest BCUT2D eigenvalue weighted by molar-refractivity contribution is 9.10. The second-order valence-electron chi connectivity index (χ2n) is 6.67. The molecule has 1 aliphatic rings. The summed E-state index contributed by atoms with van der Waals surface area (Å²) in [6.45, 7) is 12.5. The fourth-order valence-corrected chi connectivity index (χ4v) is 3.99. The second kappa shape index (κ2) is 7.64. The summed E-state index contributed by atoms with van der Waals surface area (Å²) in [6, 6.07) is 7.43. The van der Waals surface area contributed by atoms with Crippen molar-refractivity contribution in [2.75, 3.05) is 18.0 Å². The average molecular weight is 353 g/mol. The van der Waals surface area contributed by atoms with Crippen LogP contribution in [0.4, 0.5) is 5.69 Å². The minimum absolute atomic E-state index is 0.613. The molecule has 0 amide bonds. The number of piperidine rings is 1. The number of hydrogen-bond acceptors (Lipinski definition) is 2. The van der Waals surface area contributed by atoms with Crippen molar-refractivity contribution >= 4 is 21.6 Å². The molecule has 3 unspecified atom stereocenters. The lowest BCUT2D eigenvalue weighted by atomic mass is 9.85. The van der Waals surface area contributed by atoms with Crippen LogP contribution in [-0.2, 0) is 6.54 Å². The Morgan fingerprint density at radius 3 is 2.71 bits per heavy atom. The van der Waals surface area contributed by atoms with Crippen molar-refractivity contribution in [3.63, 3.8) is 0 Å². The van der Waals surface area contributed by atoms with Gasteiger partial charge in [-0.25, -0.2) is 0 Å². The Bertz CT molecular complexity index is 461. The fourth-order valence-electron chi connectivity index (χ4n) is 3.34. The SMILES string of the molecule is CCCNCc1ccc(N2CC(C)CC(C)C2C)c(Br)c1. The first-order valence-corrected chi connectivity index (χ1v) is 9.08. The number of anilines is 1. The van der Waals surface area contributed by atoms with Crippen molar-refractivity contribution in [3.8, 4) is 0 Å². The highest BCUT2D eigenvalue weighted by Gasteiger charge is 2.29. The van der Waals surface area contributed by atoms with Crippen LogP contribution in [0.1, 0.15) is 46.1 Å². The first-order valence-electron chi connectivity index (χ1n) is 8.28. The zero-order valence-electron chi connectivity index (χ0n) is 13.8. The predicted octanol–water partition coefficient (Wildman–Crippen LogP) is 4.82. The summed E-state index contributed by atoms with van der Waals surface area (Å²) in [5.41, 5.74) is 2.70. The number of hydrogen-bond donors (Lipinski definition) is 1. The molecule has 1 aromatic carbocycles. The van der Waals surface area contributed by atoms with Gasteiger partial charge >= 0.3 is 0 Å². The number of halogens is 1. The highest BCUT2D eigenvalue weighted by Crippen LogP contribution is 2.35. The zero-order chi connectivity index (χ0) is 15.4. The third-order valence-electron chi connectivity index (χ3n) is 4.68. The Labute approximate surface area is 138 Å². The largest absolute Gasteiger partial charge is 0.367 e. The third kappa shape index (κ3) is 4.23. The molecule has 1 saturated heterocycles. The molecular formula is C18H29BrN2. The van der Waals surface area contributed by atoms with Gasteiger partial charge in [0.15, 0.2) is 0 Å². The van der Waals surface area contributed by atoms with Gasteiger partial charge in [0, 0.05) is 23.6 Å². The molecule has 1 N–H and O–H groups in total. The van der Waals surface area contributed by atoms with E-state index in [2.05, 4.69) is 72.0 Å². The number of nitrogens with one attached hydrogen (secondary N) is 1. The number of rotatable bonds is 5. The van der Waals surface area contributed by atoms with Gasteiger partial charge in [0.05, 0.1) is 5.69 Å². The second-order valence-corrected chi connectivity index (χ2v) is 7.53. The smallest absolute Gasteiger partial charge is 0.0513 e. The van der Waals surface area contributed by atoms with Gasteiger partial charge in [-0.1, -0.05) is 26.8 Å². The molecule has 0 bridgehead atoms. The van der Waals surface area contributed by atoms with Crippen LogP contribution >= 0.6 is 15.9 Å². The average Bonchev–Trinajstić information content (AvgIpc) is 2.44. The first-order chi connectivity index (χ1) is 10.0. The van der Waals surface area contributed by atoms with E-state index >= 15 is 0 Å². The molecule has 1 fully saturated rings. The van der Waals surface area contributed by atoms with Gasteiger partial charge in [-0.2, -0.15) is 0 Å². The number of benzene rings is 1. The molecule has 0 radical (unpaired) electrons. The van der Waals surface area contributed by atoms with Crippen molar-refractivity contribution in [3.05, 3.63) is 28.2 Å². The lowest BCUT2D eigenvalue weighted by molar-refractivity contribution is 0.297. The first kappa shape index (κ1) is 16.8. The monoisotopic (exact) mass is 352 g/mol. The minimum Gasteiger partial charge on any atom is -0.367 e. The van der Waals surface area contributed by atoms with E-state index in [4.69, 9.17) is 0 Å². The van der Waals surface area contributed by atoms with Gasteiger partial charge in [-0.15, -0.1) is 0 Å². The van der Waals surface area contributed by atoms with Crippen LogP contribution in [0.15, 0.2) is 22.7 Å². The Morgan fingerprint density at radius 2 is 2.05 bits per heavy atom. The van der Waals surface area contributed by atoms with E-state index in [9.17, 15) is 0 Å². The molecule has 2 nitrogen and oxygen atoms in total. The van der Waals surface area contributed by atoms with E-state index < -0.39 is 0 Å². The quantitative estimate of drug-likeness (QED) is 0.764. The van der Waals surface area contributed by atoms with Crippen LogP contribution in [0.2, 0.25) is 0 Å². The molecular weight excluding hydrogens is 324 g/mol. The van der Waals surface area contributed by atoms with E-state index in [0.717, 1.165) is 31.5 Å². The van der Waals surface area contributed by atoms with E-state index in [0.29, 0.717) is 6.04 Å². The maximum Gasteiger partial charge on any atom is 0.0513 e. The molecule has 0 saturated carbocycles. The number of nitrogens with zero attached hydrogens (tertiary/aromatic N) is 1. The Hall–Kier alpha value is -0.540. The molecule has 1 aliphatic heterocycles. The van der Waals surface area contributed by atoms with Gasteiger partial charge in [0.1, 0.15) is 0 Å². The summed E-state index contributed by atoms with van der Waals surface area (Å²) >= 11 is 3.79. The molecule has 21 heavy (non-hydrogen) atoms. The predicted molar refractivity (Wildman–Crippen MR) is 95.9 cm³/mol.